The molecule has 0 N–H and O–H groups in total. The predicted octanol–water partition coefficient (Wildman–Crippen LogP) is 16.8. The first-order valence-corrected chi connectivity index (χ1v) is 25.5. The lowest BCUT2D eigenvalue weighted by atomic mass is 10.1. The van der Waals surface area contributed by atoms with E-state index < -0.39 is 6.10 Å². The molecular weight excluding hydrogens is 781 g/mol. The van der Waals surface area contributed by atoms with Gasteiger partial charge in [-0.2, -0.15) is 0 Å². The summed E-state index contributed by atoms with van der Waals surface area (Å²) in [4.78, 5) is 37.9. The lowest BCUT2D eigenvalue weighted by Crippen LogP contribution is -2.30. The van der Waals surface area contributed by atoms with Crippen molar-refractivity contribution in [3.05, 3.63) is 109 Å². The van der Waals surface area contributed by atoms with Gasteiger partial charge in [-0.25, -0.2) is 0 Å². The van der Waals surface area contributed by atoms with Crippen molar-refractivity contribution in [3.63, 3.8) is 0 Å². The van der Waals surface area contributed by atoms with E-state index in [1.807, 2.05) is 54.7 Å². The molecule has 0 saturated heterocycles. The van der Waals surface area contributed by atoms with Gasteiger partial charge in [0.15, 0.2) is 6.10 Å². The van der Waals surface area contributed by atoms with Gasteiger partial charge in [-0.1, -0.05) is 214 Å². The Bertz CT molecular complexity index is 1330. The quantitative estimate of drug-likeness (QED) is 0.0199. The van der Waals surface area contributed by atoms with Crippen LogP contribution in [-0.2, 0) is 28.6 Å². The van der Waals surface area contributed by atoms with Gasteiger partial charge in [-0.3, -0.25) is 14.4 Å². The summed E-state index contributed by atoms with van der Waals surface area (Å²) >= 11 is 0. The van der Waals surface area contributed by atoms with Crippen LogP contribution >= 0.6 is 0 Å². The third-order valence-electron chi connectivity index (χ3n) is 10.4. The molecule has 1 unspecified atom stereocenters. The molecule has 0 saturated carbocycles. The zero-order chi connectivity index (χ0) is 45.8. The molecule has 0 aromatic rings. The number of esters is 3. The van der Waals surface area contributed by atoms with Crippen LogP contribution in [0.4, 0.5) is 0 Å². The van der Waals surface area contributed by atoms with Crippen molar-refractivity contribution in [3.8, 4) is 0 Å². The van der Waals surface area contributed by atoms with Gasteiger partial charge in [0.25, 0.3) is 0 Å². The third kappa shape index (κ3) is 49.0. The first-order valence-electron chi connectivity index (χ1n) is 25.5. The zero-order valence-electron chi connectivity index (χ0n) is 40.5. The van der Waals surface area contributed by atoms with Gasteiger partial charge in [0.2, 0.25) is 0 Å². The number of carbonyl (C=O) groups excluding carboxylic acids is 3. The van der Waals surface area contributed by atoms with Crippen LogP contribution in [0.25, 0.3) is 0 Å². The highest BCUT2D eigenvalue weighted by atomic mass is 16.6. The molecule has 0 aromatic carbocycles. The van der Waals surface area contributed by atoms with E-state index in [1.54, 1.807) is 0 Å². The smallest absolute Gasteiger partial charge is 0.306 e. The summed E-state index contributed by atoms with van der Waals surface area (Å²) in [6.07, 6.45) is 68.0. The fourth-order valence-corrected chi connectivity index (χ4v) is 6.60. The van der Waals surface area contributed by atoms with Gasteiger partial charge >= 0.3 is 17.9 Å². The summed E-state index contributed by atoms with van der Waals surface area (Å²) in [5, 5.41) is 0. The standard InChI is InChI=1S/C57H92O6/c1-4-7-10-13-16-19-22-25-26-27-28-29-30-33-35-38-41-44-47-50-56(59)62-53-54(63-57(60)51-48-45-42-39-36-32-24-21-18-15-12-9-6-3)52-61-55(58)49-46-43-40-37-34-31-23-20-17-14-11-8-5-2/h7,9-10,12,15-16,18-19,21,24-26,31-32,34,36,39,42,54H,4-6,8,11,13-14,17,20,22-23,27-30,33,35,37-38,40-41,43-53H2,1-3H3/b10-7-,12-9-,18-15-,19-16-,24-21-,26-25-,34-31-,36-32-,42-39-. The number of ether oxygens (including phenoxy) is 3. The van der Waals surface area contributed by atoms with E-state index in [0.717, 1.165) is 89.9 Å². The molecule has 0 aliphatic heterocycles. The van der Waals surface area contributed by atoms with Crippen LogP contribution < -0.4 is 0 Å². The van der Waals surface area contributed by atoms with Crippen LogP contribution in [0.15, 0.2) is 109 Å². The molecule has 6 nitrogen and oxygen atoms in total. The Labute approximate surface area is 387 Å². The molecule has 0 heterocycles. The maximum absolute atomic E-state index is 12.7. The Kier molecular flexibility index (Phi) is 47.5. The van der Waals surface area contributed by atoms with Gasteiger partial charge < -0.3 is 14.2 Å². The predicted molar refractivity (Wildman–Crippen MR) is 270 cm³/mol. The first kappa shape index (κ1) is 59.1. The molecule has 356 valence electrons. The van der Waals surface area contributed by atoms with Crippen molar-refractivity contribution in [2.24, 2.45) is 0 Å². The second-order valence-electron chi connectivity index (χ2n) is 16.4. The van der Waals surface area contributed by atoms with Crippen LogP contribution in [0, 0.1) is 0 Å². The third-order valence-corrected chi connectivity index (χ3v) is 10.4. The molecule has 0 aromatic heterocycles. The van der Waals surface area contributed by atoms with Crippen molar-refractivity contribution in [2.75, 3.05) is 13.2 Å². The van der Waals surface area contributed by atoms with E-state index in [-0.39, 0.29) is 37.5 Å². The number of hydrogen-bond acceptors (Lipinski definition) is 6. The molecule has 0 aliphatic rings. The molecule has 63 heavy (non-hydrogen) atoms. The van der Waals surface area contributed by atoms with E-state index in [4.69, 9.17) is 14.2 Å². The summed E-state index contributed by atoms with van der Waals surface area (Å²) < 4.78 is 16.7. The van der Waals surface area contributed by atoms with Gasteiger partial charge in [0.1, 0.15) is 13.2 Å². The second-order valence-corrected chi connectivity index (χ2v) is 16.4. The lowest BCUT2D eigenvalue weighted by Gasteiger charge is -2.18. The highest BCUT2D eigenvalue weighted by molar-refractivity contribution is 5.71. The van der Waals surface area contributed by atoms with Crippen molar-refractivity contribution >= 4 is 17.9 Å². The van der Waals surface area contributed by atoms with E-state index in [0.29, 0.717) is 19.3 Å². The molecule has 0 bridgehead atoms. The fraction of sp³-hybridized carbons (Fsp3) is 0.632. The Morgan fingerprint density at radius 3 is 1.22 bits per heavy atom. The van der Waals surface area contributed by atoms with Crippen LogP contribution in [0.3, 0.4) is 0 Å². The normalized spacial score (nSPS) is 13.0. The molecule has 1 atom stereocenters. The van der Waals surface area contributed by atoms with Gasteiger partial charge in [0, 0.05) is 19.3 Å². The maximum atomic E-state index is 12.7. The van der Waals surface area contributed by atoms with Gasteiger partial charge in [-0.05, 0) is 89.9 Å². The largest absolute Gasteiger partial charge is 0.462 e. The maximum Gasteiger partial charge on any atom is 0.306 e. The minimum atomic E-state index is -0.824. The molecule has 0 rings (SSSR count). The summed E-state index contributed by atoms with van der Waals surface area (Å²) in [6, 6.07) is 0. The number of unbranched alkanes of at least 4 members (excludes halogenated alkanes) is 19. The van der Waals surface area contributed by atoms with E-state index in [9.17, 15) is 14.4 Å². The zero-order valence-corrected chi connectivity index (χ0v) is 40.5. The Morgan fingerprint density at radius 1 is 0.349 bits per heavy atom. The minimum absolute atomic E-state index is 0.116. The van der Waals surface area contributed by atoms with Crippen LogP contribution in [0.5, 0.6) is 0 Å². The first-order chi connectivity index (χ1) is 31.0. The lowest BCUT2D eigenvalue weighted by molar-refractivity contribution is -0.167. The van der Waals surface area contributed by atoms with Crippen molar-refractivity contribution < 1.29 is 28.6 Å². The topological polar surface area (TPSA) is 78.9 Å². The summed E-state index contributed by atoms with van der Waals surface area (Å²) in [5.41, 5.74) is 0. The average Bonchev–Trinajstić information content (AvgIpc) is 3.28. The molecule has 0 spiro atoms. The fourth-order valence-electron chi connectivity index (χ4n) is 6.60. The van der Waals surface area contributed by atoms with E-state index in [1.165, 1.54) is 77.0 Å². The Morgan fingerprint density at radius 2 is 0.714 bits per heavy atom. The second kappa shape index (κ2) is 50.7. The van der Waals surface area contributed by atoms with Crippen molar-refractivity contribution in [1.29, 1.82) is 0 Å². The Balaban J connectivity index is 4.47. The molecule has 0 amide bonds. The van der Waals surface area contributed by atoms with E-state index in [2.05, 4.69) is 75.5 Å². The van der Waals surface area contributed by atoms with Gasteiger partial charge in [-0.15, -0.1) is 0 Å². The highest BCUT2D eigenvalue weighted by Gasteiger charge is 2.19. The minimum Gasteiger partial charge on any atom is -0.462 e. The summed E-state index contributed by atoms with van der Waals surface area (Å²) in [6.45, 7) is 6.28. The monoisotopic (exact) mass is 873 g/mol. The highest BCUT2D eigenvalue weighted by Crippen LogP contribution is 2.13. The van der Waals surface area contributed by atoms with Crippen LogP contribution in [0.1, 0.15) is 213 Å². The molecule has 0 aliphatic carbocycles. The van der Waals surface area contributed by atoms with Gasteiger partial charge in [0.05, 0.1) is 0 Å². The summed E-state index contributed by atoms with van der Waals surface area (Å²) in [5.74, 6) is -1.02. The SMILES string of the molecule is CC\C=C/C=C\C=C/C=C\C=C/CCCC(=O)OC(COC(=O)CCCCC/C=C\CCCCCCCC)COC(=O)CCCCCCCCCCC/C=C\C/C=C\C/C=C\CC. The van der Waals surface area contributed by atoms with Crippen LogP contribution in [-0.4, -0.2) is 37.2 Å². The molecular formula is C57H92O6. The van der Waals surface area contributed by atoms with Crippen LogP contribution in [0.2, 0.25) is 0 Å². The number of carbonyl (C=O) groups is 3. The number of rotatable bonds is 44. The number of allylic oxidation sites excluding steroid dienone is 18. The van der Waals surface area contributed by atoms with Crippen molar-refractivity contribution in [1.82, 2.24) is 0 Å². The summed E-state index contributed by atoms with van der Waals surface area (Å²) in [7, 11) is 0. The van der Waals surface area contributed by atoms with Crippen molar-refractivity contribution in [2.45, 2.75) is 219 Å². The molecule has 0 fully saturated rings. The molecule has 0 radical (unpaired) electrons. The Hall–Kier alpha value is -3.93. The van der Waals surface area contributed by atoms with E-state index >= 15 is 0 Å². The average molecular weight is 873 g/mol. The number of hydrogen-bond donors (Lipinski definition) is 0. The molecule has 6 heteroatoms.